The Bertz CT molecular complexity index is 788. The van der Waals surface area contributed by atoms with Gasteiger partial charge in [-0.05, 0) is 97.3 Å². The van der Waals surface area contributed by atoms with E-state index in [2.05, 4.69) is 62.4 Å². The number of hydrogen-bond donors (Lipinski definition) is 0. The van der Waals surface area contributed by atoms with Crippen LogP contribution < -0.4 is 0 Å². The van der Waals surface area contributed by atoms with Crippen molar-refractivity contribution in [3.63, 3.8) is 0 Å². The Hall–Kier alpha value is -1.56. The summed E-state index contributed by atoms with van der Waals surface area (Å²) in [5.74, 6) is 3.51. The molecule has 0 amide bonds. The average Bonchev–Trinajstić information content (AvgIpc) is 2.85. The molecule has 0 heteroatoms. The Labute approximate surface area is 198 Å². The fourth-order valence-electron chi connectivity index (χ4n) is 6.86. The van der Waals surface area contributed by atoms with Crippen molar-refractivity contribution < 1.29 is 0 Å². The predicted molar refractivity (Wildman–Crippen MR) is 140 cm³/mol. The number of rotatable bonds is 9. The number of unbranched alkanes of at least 4 members (excludes halogenated alkanes) is 2. The first-order chi connectivity index (χ1) is 15.8. The third kappa shape index (κ3) is 5.86. The molecule has 2 aliphatic rings. The van der Waals surface area contributed by atoms with Gasteiger partial charge in [0.05, 0.1) is 0 Å². The highest BCUT2D eigenvalue weighted by Crippen LogP contribution is 2.47. The summed E-state index contributed by atoms with van der Waals surface area (Å²) in [6.45, 7) is 4.68. The molecule has 174 valence electrons. The van der Waals surface area contributed by atoms with E-state index in [1.807, 2.05) is 0 Å². The van der Waals surface area contributed by atoms with Crippen molar-refractivity contribution in [3.8, 4) is 11.1 Å². The second kappa shape index (κ2) is 12.1. The van der Waals surface area contributed by atoms with E-state index >= 15 is 0 Å². The van der Waals surface area contributed by atoms with E-state index in [9.17, 15) is 0 Å². The van der Waals surface area contributed by atoms with Crippen LogP contribution in [-0.4, -0.2) is 0 Å². The van der Waals surface area contributed by atoms with Gasteiger partial charge < -0.3 is 0 Å². The number of hydrogen-bond acceptors (Lipinski definition) is 0. The summed E-state index contributed by atoms with van der Waals surface area (Å²) in [6, 6.07) is 18.5. The Morgan fingerprint density at radius 2 is 1.25 bits per heavy atom. The molecule has 0 radical (unpaired) electrons. The highest BCUT2D eigenvalue weighted by molar-refractivity contribution is 5.70. The van der Waals surface area contributed by atoms with Crippen molar-refractivity contribution in [2.75, 3.05) is 0 Å². The molecule has 32 heavy (non-hydrogen) atoms. The van der Waals surface area contributed by atoms with Gasteiger partial charge in [-0.15, -0.1) is 0 Å². The van der Waals surface area contributed by atoms with Crippen LogP contribution in [0.3, 0.4) is 0 Å². The van der Waals surface area contributed by atoms with Crippen LogP contribution in [-0.2, 0) is 0 Å². The molecule has 2 aromatic carbocycles. The van der Waals surface area contributed by atoms with Gasteiger partial charge in [-0.3, -0.25) is 0 Å². The zero-order valence-corrected chi connectivity index (χ0v) is 20.8. The predicted octanol–water partition coefficient (Wildman–Crippen LogP) is 10.3. The van der Waals surface area contributed by atoms with Crippen molar-refractivity contribution >= 4 is 0 Å². The molecule has 2 saturated carbocycles. The smallest absolute Gasteiger partial charge is 0.0146 e. The van der Waals surface area contributed by atoms with Gasteiger partial charge in [-0.25, -0.2) is 0 Å². The van der Waals surface area contributed by atoms with E-state index in [0.717, 1.165) is 23.7 Å². The van der Waals surface area contributed by atoms with E-state index in [1.165, 1.54) is 101 Å². The highest BCUT2D eigenvalue weighted by atomic mass is 14.3. The summed E-state index contributed by atoms with van der Waals surface area (Å²) in [6.07, 6.45) is 19.9. The van der Waals surface area contributed by atoms with Gasteiger partial charge in [0.25, 0.3) is 0 Å². The molecule has 0 aliphatic heterocycles. The largest absolute Gasteiger partial charge is 0.0654 e. The fourth-order valence-corrected chi connectivity index (χ4v) is 6.86. The van der Waals surface area contributed by atoms with Gasteiger partial charge in [-0.2, -0.15) is 0 Å². The molecule has 0 unspecified atom stereocenters. The Morgan fingerprint density at radius 3 is 1.91 bits per heavy atom. The van der Waals surface area contributed by atoms with E-state index in [1.54, 1.807) is 11.1 Å². The van der Waals surface area contributed by atoms with Crippen LogP contribution in [0.1, 0.15) is 127 Å². The molecule has 2 aliphatic carbocycles. The lowest BCUT2D eigenvalue weighted by Gasteiger charge is -2.35. The lowest BCUT2D eigenvalue weighted by Crippen LogP contribution is -2.19. The summed E-state index contributed by atoms with van der Waals surface area (Å²) in [5, 5.41) is 0. The molecule has 0 heterocycles. The third-order valence-electron chi connectivity index (χ3n) is 8.68. The summed E-state index contributed by atoms with van der Waals surface area (Å²) in [7, 11) is 0. The van der Waals surface area contributed by atoms with Crippen molar-refractivity contribution in [2.45, 2.75) is 116 Å². The lowest BCUT2D eigenvalue weighted by atomic mass is 9.70. The quantitative estimate of drug-likeness (QED) is 0.347. The molecule has 0 bridgehead atoms. The van der Waals surface area contributed by atoms with E-state index in [-0.39, 0.29) is 0 Å². The monoisotopic (exact) mass is 430 g/mol. The van der Waals surface area contributed by atoms with Crippen LogP contribution in [0.25, 0.3) is 11.1 Å². The second-order valence-electron chi connectivity index (χ2n) is 10.9. The normalized spacial score (nSPS) is 26.2. The molecule has 0 atom stereocenters. The summed E-state index contributed by atoms with van der Waals surface area (Å²) in [4.78, 5) is 0. The lowest BCUT2D eigenvalue weighted by molar-refractivity contribution is 0.293. The summed E-state index contributed by atoms with van der Waals surface area (Å²) >= 11 is 0. The molecule has 2 fully saturated rings. The Kier molecular flexibility index (Phi) is 8.89. The van der Waals surface area contributed by atoms with Crippen molar-refractivity contribution in [3.05, 3.63) is 59.7 Å². The van der Waals surface area contributed by atoms with Crippen LogP contribution in [0.15, 0.2) is 48.5 Å². The highest BCUT2D eigenvalue weighted by Gasteiger charge is 2.30. The van der Waals surface area contributed by atoms with Gasteiger partial charge in [0.1, 0.15) is 0 Å². The SMILES string of the molecule is CCCCCC1CCC(c2cccc(-c3ccccc3)c2C2CCC(CCC)CC2)CC1. The number of benzene rings is 2. The molecular weight excluding hydrogens is 384 g/mol. The maximum Gasteiger partial charge on any atom is -0.0146 e. The zero-order valence-electron chi connectivity index (χ0n) is 20.8. The molecule has 0 aromatic heterocycles. The molecule has 2 aromatic rings. The standard InChI is InChI=1S/C32H46/c1-3-5-7-12-26-17-21-28(22-18-26)31-16-10-15-30(27-13-8-6-9-14-27)32(31)29-23-19-25(11-4-2)20-24-29/h6,8-10,13-16,25-26,28-29H,3-5,7,11-12,17-24H2,1-2H3. The maximum absolute atomic E-state index is 2.52. The third-order valence-corrected chi connectivity index (χ3v) is 8.68. The minimum Gasteiger partial charge on any atom is -0.0654 e. The van der Waals surface area contributed by atoms with Gasteiger partial charge in [-0.1, -0.05) is 101 Å². The minimum absolute atomic E-state index is 0.761. The van der Waals surface area contributed by atoms with E-state index < -0.39 is 0 Å². The van der Waals surface area contributed by atoms with Crippen LogP contribution in [0.5, 0.6) is 0 Å². The maximum atomic E-state index is 2.52. The van der Waals surface area contributed by atoms with Crippen molar-refractivity contribution in [2.24, 2.45) is 11.8 Å². The first-order valence-corrected chi connectivity index (χ1v) is 14.0. The van der Waals surface area contributed by atoms with Crippen LogP contribution >= 0.6 is 0 Å². The Balaban J connectivity index is 1.56. The van der Waals surface area contributed by atoms with E-state index in [4.69, 9.17) is 0 Å². The van der Waals surface area contributed by atoms with Crippen molar-refractivity contribution in [1.29, 1.82) is 0 Å². The van der Waals surface area contributed by atoms with Crippen LogP contribution in [0.4, 0.5) is 0 Å². The van der Waals surface area contributed by atoms with Gasteiger partial charge >= 0.3 is 0 Å². The molecule has 4 rings (SSSR count). The molecule has 0 N–H and O–H groups in total. The van der Waals surface area contributed by atoms with Crippen LogP contribution in [0, 0.1) is 11.8 Å². The molecular formula is C32H46. The Morgan fingerprint density at radius 1 is 0.594 bits per heavy atom. The van der Waals surface area contributed by atoms with Gasteiger partial charge in [0.15, 0.2) is 0 Å². The second-order valence-corrected chi connectivity index (χ2v) is 10.9. The van der Waals surface area contributed by atoms with Crippen LogP contribution in [0.2, 0.25) is 0 Å². The molecule has 0 saturated heterocycles. The van der Waals surface area contributed by atoms with E-state index in [0.29, 0.717) is 0 Å². The van der Waals surface area contributed by atoms with Gasteiger partial charge in [0.2, 0.25) is 0 Å². The topological polar surface area (TPSA) is 0 Å². The average molecular weight is 431 g/mol. The summed E-state index contributed by atoms with van der Waals surface area (Å²) in [5.41, 5.74) is 6.42. The first-order valence-electron chi connectivity index (χ1n) is 14.0. The van der Waals surface area contributed by atoms with Gasteiger partial charge in [0, 0.05) is 0 Å². The molecule has 0 nitrogen and oxygen atoms in total. The zero-order chi connectivity index (χ0) is 22.2. The first kappa shape index (κ1) is 23.6. The molecule has 0 spiro atoms. The fraction of sp³-hybridized carbons (Fsp3) is 0.625. The van der Waals surface area contributed by atoms with Crippen molar-refractivity contribution in [1.82, 2.24) is 0 Å². The summed E-state index contributed by atoms with van der Waals surface area (Å²) < 4.78 is 0. The minimum atomic E-state index is 0.761.